The van der Waals surface area contributed by atoms with Crippen LogP contribution in [0.1, 0.15) is 39.2 Å². The summed E-state index contributed by atoms with van der Waals surface area (Å²) >= 11 is 0. The molecule has 0 saturated carbocycles. The number of nitrogens with two attached hydrogens (primary N) is 1. The van der Waals surface area contributed by atoms with Gasteiger partial charge in [0.25, 0.3) is 0 Å². The predicted octanol–water partition coefficient (Wildman–Crippen LogP) is 2.29. The second-order valence-electron chi connectivity index (χ2n) is 5.69. The van der Waals surface area contributed by atoms with Crippen LogP contribution < -0.4 is 10.5 Å². The zero-order valence-corrected chi connectivity index (χ0v) is 13.4. The van der Waals surface area contributed by atoms with Crippen molar-refractivity contribution in [2.24, 2.45) is 11.7 Å². The maximum atomic E-state index is 12.2. The van der Waals surface area contributed by atoms with E-state index in [0.717, 1.165) is 24.8 Å². The second-order valence-corrected chi connectivity index (χ2v) is 7.40. The fourth-order valence-electron chi connectivity index (χ4n) is 2.23. The summed E-state index contributed by atoms with van der Waals surface area (Å²) in [5.74, 6) is 0.464. The molecular weight excluding hydrogens is 272 g/mol. The third-order valence-corrected chi connectivity index (χ3v) is 4.69. The fraction of sp³-hybridized carbons (Fsp3) is 0.600. The van der Waals surface area contributed by atoms with E-state index in [0.29, 0.717) is 17.4 Å². The molecule has 0 spiro atoms. The minimum Gasteiger partial charge on any atom is -0.330 e. The Morgan fingerprint density at radius 1 is 1.15 bits per heavy atom. The van der Waals surface area contributed by atoms with Crippen LogP contribution in [-0.4, -0.2) is 21.0 Å². The SMILES string of the molecule is CC(C)CC(C)NS(=O)(=O)c1ccc(CCCN)cc1. The Balaban J connectivity index is 2.72. The lowest BCUT2D eigenvalue weighted by molar-refractivity contribution is 0.482. The smallest absolute Gasteiger partial charge is 0.240 e. The summed E-state index contributed by atoms with van der Waals surface area (Å²) in [5, 5.41) is 0. The van der Waals surface area contributed by atoms with Crippen LogP contribution in [0, 0.1) is 5.92 Å². The van der Waals surface area contributed by atoms with Gasteiger partial charge in [-0.15, -0.1) is 0 Å². The quantitative estimate of drug-likeness (QED) is 0.773. The Morgan fingerprint density at radius 2 is 1.75 bits per heavy atom. The number of sulfonamides is 1. The van der Waals surface area contributed by atoms with Gasteiger partial charge < -0.3 is 5.73 Å². The van der Waals surface area contributed by atoms with Crippen molar-refractivity contribution in [3.63, 3.8) is 0 Å². The third kappa shape index (κ3) is 5.61. The molecule has 20 heavy (non-hydrogen) atoms. The molecule has 0 aliphatic heterocycles. The first-order valence-electron chi connectivity index (χ1n) is 7.16. The molecule has 1 atom stereocenters. The van der Waals surface area contributed by atoms with Crippen molar-refractivity contribution in [2.45, 2.75) is 51.0 Å². The number of rotatable bonds is 8. The van der Waals surface area contributed by atoms with E-state index in [2.05, 4.69) is 18.6 Å². The zero-order chi connectivity index (χ0) is 15.2. The van der Waals surface area contributed by atoms with Crippen molar-refractivity contribution >= 4 is 10.0 Å². The molecule has 3 N–H and O–H groups in total. The molecule has 0 radical (unpaired) electrons. The summed E-state index contributed by atoms with van der Waals surface area (Å²) in [6, 6.07) is 6.98. The van der Waals surface area contributed by atoms with Gasteiger partial charge in [-0.25, -0.2) is 13.1 Å². The van der Waals surface area contributed by atoms with Gasteiger partial charge in [0.1, 0.15) is 0 Å². The Kier molecular flexibility index (Phi) is 6.65. The summed E-state index contributed by atoms with van der Waals surface area (Å²) < 4.78 is 27.2. The van der Waals surface area contributed by atoms with E-state index in [1.54, 1.807) is 12.1 Å². The zero-order valence-electron chi connectivity index (χ0n) is 12.6. The fourth-order valence-corrected chi connectivity index (χ4v) is 3.49. The van der Waals surface area contributed by atoms with E-state index >= 15 is 0 Å². The highest BCUT2D eigenvalue weighted by Crippen LogP contribution is 2.14. The van der Waals surface area contributed by atoms with E-state index in [1.807, 2.05) is 19.1 Å². The molecule has 5 heteroatoms. The molecule has 4 nitrogen and oxygen atoms in total. The van der Waals surface area contributed by atoms with Gasteiger partial charge >= 0.3 is 0 Å². The van der Waals surface area contributed by atoms with Crippen molar-refractivity contribution in [1.29, 1.82) is 0 Å². The standard InChI is InChI=1S/C15H26N2O2S/c1-12(2)11-13(3)17-20(18,19)15-8-6-14(7-9-15)5-4-10-16/h6-9,12-13,17H,4-5,10-11,16H2,1-3H3. The van der Waals surface area contributed by atoms with Crippen molar-refractivity contribution in [1.82, 2.24) is 4.72 Å². The minimum atomic E-state index is -3.42. The van der Waals surface area contributed by atoms with Crippen molar-refractivity contribution in [3.05, 3.63) is 29.8 Å². The molecule has 0 saturated heterocycles. The summed E-state index contributed by atoms with van der Waals surface area (Å²) in [6.07, 6.45) is 2.62. The normalized spacial score (nSPS) is 13.7. The lowest BCUT2D eigenvalue weighted by Crippen LogP contribution is -2.33. The monoisotopic (exact) mass is 298 g/mol. The van der Waals surface area contributed by atoms with Crippen molar-refractivity contribution < 1.29 is 8.42 Å². The molecule has 0 fully saturated rings. The highest BCUT2D eigenvalue weighted by Gasteiger charge is 2.17. The van der Waals surface area contributed by atoms with Gasteiger partial charge in [-0.05, 0) is 56.3 Å². The average molecular weight is 298 g/mol. The number of hydrogen-bond donors (Lipinski definition) is 2. The minimum absolute atomic E-state index is 0.0584. The highest BCUT2D eigenvalue weighted by atomic mass is 32.2. The predicted molar refractivity (Wildman–Crippen MR) is 83.1 cm³/mol. The van der Waals surface area contributed by atoms with E-state index < -0.39 is 10.0 Å². The summed E-state index contributed by atoms with van der Waals surface area (Å²) in [4.78, 5) is 0.324. The van der Waals surface area contributed by atoms with Crippen LogP contribution in [0.3, 0.4) is 0 Å². The van der Waals surface area contributed by atoms with Crippen LogP contribution in [0.5, 0.6) is 0 Å². The van der Waals surface area contributed by atoms with Gasteiger partial charge in [0.05, 0.1) is 4.90 Å². The number of aryl methyl sites for hydroxylation is 1. The first-order valence-corrected chi connectivity index (χ1v) is 8.65. The van der Waals surface area contributed by atoms with E-state index in [-0.39, 0.29) is 6.04 Å². The van der Waals surface area contributed by atoms with Crippen LogP contribution in [0.15, 0.2) is 29.2 Å². The van der Waals surface area contributed by atoms with Crippen molar-refractivity contribution in [2.75, 3.05) is 6.54 Å². The van der Waals surface area contributed by atoms with Gasteiger partial charge in [-0.2, -0.15) is 0 Å². The Morgan fingerprint density at radius 3 is 2.25 bits per heavy atom. The summed E-state index contributed by atoms with van der Waals surface area (Å²) in [5.41, 5.74) is 6.58. The molecule has 114 valence electrons. The molecule has 0 aromatic heterocycles. The van der Waals surface area contributed by atoms with Gasteiger partial charge in [0.2, 0.25) is 10.0 Å². The Hall–Kier alpha value is -0.910. The molecule has 0 aliphatic rings. The molecule has 1 rings (SSSR count). The molecule has 0 aliphatic carbocycles. The Bertz CT molecular complexity index is 495. The van der Waals surface area contributed by atoms with Gasteiger partial charge in [-0.1, -0.05) is 26.0 Å². The molecule has 1 aromatic rings. The molecular formula is C15H26N2O2S. The van der Waals surface area contributed by atoms with E-state index in [9.17, 15) is 8.42 Å². The largest absolute Gasteiger partial charge is 0.330 e. The first kappa shape index (κ1) is 17.1. The maximum Gasteiger partial charge on any atom is 0.240 e. The van der Waals surface area contributed by atoms with Crippen molar-refractivity contribution in [3.8, 4) is 0 Å². The Labute approximate surface area is 122 Å². The summed E-state index contributed by atoms with van der Waals surface area (Å²) in [6.45, 7) is 6.70. The maximum absolute atomic E-state index is 12.2. The lowest BCUT2D eigenvalue weighted by Gasteiger charge is -2.16. The topological polar surface area (TPSA) is 72.2 Å². The molecule has 0 heterocycles. The van der Waals surface area contributed by atoms with Gasteiger partial charge in [0.15, 0.2) is 0 Å². The number of hydrogen-bond acceptors (Lipinski definition) is 3. The lowest BCUT2D eigenvalue weighted by atomic mass is 10.1. The first-order chi connectivity index (χ1) is 9.35. The van der Waals surface area contributed by atoms with Gasteiger partial charge in [-0.3, -0.25) is 0 Å². The molecule has 0 amide bonds. The number of nitrogens with one attached hydrogen (secondary N) is 1. The molecule has 1 unspecified atom stereocenters. The number of benzene rings is 1. The van der Waals surface area contributed by atoms with Crippen LogP contribution in [0.25, 0.3) is 0 Å². The van der Waals surface area contributed by atoms with Crippen LogP contribution in [0.4, 0.5) is 0 Å². The van der Waals surface area contributed by atoms with Gasteiger partial charge in [0, 0.05) is 6.04 Å². The van der Waals surface area contributed by atoms with E-state index in [4.69, 9.17) is 5.73 Å². The van der Waals surface area contributed by atoms with Crippen LogP contribution >= 0.6 is 0 Å². The third-order valence-electron chi connectivity index (χ3n) is 3.08. The van der Waals surface area contributed by atoms with E-state index in [1.165, 1.54) is 0 Å². The highest BCUT2D eigenvalue weighted by molar-refractivity contribution is 7.89. The molecule has 1 aromatic carbocycles. The average Bonchev–Trinajstić information content (AvgIpc) is 2.35. The van der Waals surface area contributed by atoms with Crippen LogP contribution in [-0.2, 0) is 16.4 Å². The summed E-state index contributed by atoms with van der Waals surface area (Å²) in [7, 11) is -3.42. The molecule has 0 bridgehead atoms. The van der Waals surface area contributed by atoms with Crippen LogP contribution in [0.2, 0.25) is 0 Å². The second kappa shape index (κ2) is 7.76.